The zero-order valence-corrected chi connectivity index (χ0v) is 10.2. The molecular formula is C13H12ClNO2. The molecule has 0 aliphatic carbocycles. The van der Waals surface area contributed by atoms with Crippen molar-refractivity contribution in [2.45, 2.75) is 19.8 Å². The van der Waals surface area contributed by atoms with E-state index in [0.717, 1.165) is 6.42 Å². The van der Waals surface area contributed by atoms with E-state index in [-0.39, 0.29) is 5.69 Å². The van der Waals surface area contributed by atoms with Crippen molar-refractivity contribution in [1.82, 2.24) is 4.98 Å². The van der Waals surface area contributed by atoms with Crippen molar-refractivity contribution in [3.8, 4) is 0 Å². The van der Waals surface area contributed by atoms with Gasteiger partial charge in [0.2, 0.25) is 0 Å². The minimum Gasteiger partial charge on any atom is -0.445 e. The average molecular weight is 250 g/mol. The zero-order chi connectivity index (χ0) is 12.3. The van der Waals surface area contributed by atoms with E-state index in [1.54, 1.807) is 6.92 Å². The molecule has 4 heteroatoms. The number of carbonyl (C=O) groups is 1. The van der Waals surface area contributed by atoms with Crippen LogP contribution in [0.25, 0.3) is 0 Å². The van der Waals surface area contributed by atoms with Crippen LogP contribution in [0, 0.1) is 6.92 Å². The molecule has 3 nitrogen and oxygen atoms in total. The number of benzene rings is 1. The Morgan fingerprint density at radius 1 is 1.29 bits per heavy atom. The molecule has 1 aromatic heterocycles. The summed E-state index contributed by atoms with van der Waals surface area (Å²) in [6.45, 7) is 1.70. The summed E-state index contributed by atoms with van der Waals surface area (Å²) < 4.78 is 5.38. The van der Waals surface area contributed by atoms with Gasteiger partial charge in [0.1, 0.15) is 5.76 Å². The molecule has 0 aliphatic heterocycles. The maximum atomic E-state index is 11.1. The monoisotopic (exact) mass is 249 g/mol. The lowest BCUT2D eigenvalue weighted by Crippen LogP contribution is -1.98. The van der Waals surface area contributed by atoms with Crippen LogP contribution in [0.4, 0.5) is 0 Å². The fourth-order valence-corrected chi connectivity index (χ4v) is 1.84. The van der Waals surface area contributed by atoms with Crippen molar-refractivity contribution in [3.63, 3.8) is 0 Å². The van der Waals surface area contributed by atoms with E-state index in [1.165, 1.54) is 5.56 Å². The van der Waals surface area contributed by atoms with Gasteiger partial charge in [0.15, 0.2) is 11.6 Å². The molecule has 0 radical (unpaired) electrons. The van der Waals surface area contributed by atoms with Gasteiger partial charge in [-0.1, -0.05) is 30.3 Å². The van der Waals surface area contributed by atoms with E-state index >= 15 is 0 Å². The van der Waals surface area contributed by atoms with Gasteiger partial charge in [-0.2, -0.15) is 0 Å². The van der Waals surface area contributed by atoms with Gasteiger partial charge in [0.05, 0.1) is 0 Å². The summed E-state index contributed by atoms with van der Waals surface area (Å²) in [4.78, 5) is 15.1. The standard InChI is InChI=1S/C13H12ClNO2/c1-9-15-12(13(14)16)11(17-9)8-7-10-5-3-2-4-6-10/h2-6H,7-8H2,1H3. The lowest BCUT2D eigenvalue weighted by molar-refractivity contribution is 0.107. The Balaban J connectivity index is 2.11. The highest BCUT2D eigenvalue weighted by Gasteiger charge is 2.16. The van der Waals surface area contributed by atoms with Gasteiger partial charge in [-0.3, -0.25) is 4.79 Å². The molecule has 2 rings (SSSR count). The molecule has 0 amide bonds. The number of aryl methyl sites for hydroxylation is 3. The first-order chi connectivity index (χ1) is 8.16. The molecule has 0 saturated heterocycles. The van der Waals surface area contributed by atoms with E-state index < -0.39 is 5.24 Å². The second kappa shape index (κ2) is 5.15. The Morgan fingerprint density at radius 2 is 2.00 bits per heavy atom. The molecule has 0 saturated carbocycles. The number of halogens is 1. The predicted octanol–water partition coefficient (Wildman–Crippen LogP) is 3.15. The van der Waals surface area contributed by atoms with Crippen LogP contribution in [0.3, 0.4) is 0 Å². The molecule has 0 atom stereocenters. The minimum atomic E-state index is -0.565. The molecule has 88 valence electrons. The van der Waals surface area contributed by atoms with Crippen LogP contribution in [-0.2, 0) is 12.8 Å². The Kier molecular flexibility index (Phi) is 3.59. The second-order valence-corrected chi connectivity index (χ2v) is 4.11. The smallest absolute Gasteiger partial charge is 0.274 e. The fraction of sp³-hybridized carbons (Fsp3) is 0.231. The van der Waals surface area contributed by atoms with Crippen molar-refractivity contribution >= 4 is 16.8 Å². The van der Waals surface area contributed by atoms with Crippen molar-refractivity contribution in [2.75, 3.05) is 0 Å². The first kappa shape index (κ1) is 11.9. The molecule has 0 fully saturated rings. The molecule has 1 aromatic carbocycles. The van der Waals surface area contributed by atoms with E-state index in [2.05, 4.69) is 4.98 Å². The van der Waals surface area contributed by atoms with Gasteiger partial charge >= 0.3 is 0 Å². The van der Waals surface area contributed by atoms with E-state index in [1.807, 2.05) is 30.3 Å². The highest BCUT2D eigenvalue weighted by atomic mass is 35.5. The third-order valence-electron chi connectivity index (χ3n) is 2.47. The van der Waals surface area contributed by atoms with Gasteiger partial charge < -0.3 is 4.42 Å². The third kappa shape index (κ3) is 2.94. The third-order valence-corrected chi connectivity index (χ3v) is 2.65. The second-order valence-electron chi connectivity index (χ2n) is 3.76. The van der Waals surface area contributed by atoms with Crippen molar-refractivity contribution in [2.24, 2.45) is 0 Å². The van der Waals surface area contributed by atoms with Crippen molar-refractivity contribution < 1.29 is 9.21 Å². The number of nitrogens with zero attached hydrogens (tertiary/aromatic N) is 1. The molecule has 0 bridgehead atoms. The van der Waals surface area contributed by atoms with Crippen LogP contribution >= 0.6 is 11.6 Å². The highest BCUT2D eigenvalue weighted by molar-refractivity contribution is 6.67. The fourth-order valence-electron chi connectivity index (χ4n) is 1.69. The number of hydrogen-bond acceptors (Lipinski definition) is 3. The molecule has 0 N–H and O–H groups in total. The topological polar surface area (TPSA) is 43.1 Å². The maximum Gasteiger partial charge on any atom is 0.274 e. The Morgan fingerprint density at radius 3 is 2.65 bits per heavy atom. The van der Waals surface area contributed by atoms with Crippen LogP contribution in [-0.4, -0.2) is 10.2 Å². The predicted molar refractivity (Wildman–Crippen MR) is 65.3 cm³/mol. The summed E-state index contributed by atoms with van der Waals surface area (Å²) in [6.07, 6.45) is 1.42. The number of hydrogen-bond donors (Lipinski definition) is 0. The van der Waals surface area contributed by atoms with Crippen LogP contribution in [0.2, 0.25) is 0 Å². The summed E-state index contributed by atoms with van der Waals surface area (Å²) in [7, 11) is 0. The molecule has 0 spiro atoms. The zero-order valence-electron chi connectivity index (χ0n) is 9.44. The van der Waals surface area contributed by atoms with Crippen LogP contribution < -0.4 is 0 Å². The van der Waals surface area contributed by atoms with Crippen LogP contribution in [0.5, 0.6) is 0 Å². The lowest BCUT2D eigenvalue weighted by atomic mass is 10.1. The number of rotatable bonds is 4. The molecule has 1 heterocycles. The maximum absolute atomic E-state index is 11.1. The lowest BCUT2D eigenvalue weighted by Gasteiger charge is -1.99. The van der Waals surface area contributed by atoms with E-state index in [4.69, 9.17) is 16.0 Å². The number of aromatic nitrogens is 1. The molecular weight excluding hydrogens is 238 g/mol. The number of oxazole rings is 1. The van der Waals surface area contributed by atoms with Gasteiger partial charge in [-0.25, -0.2) is 4.98 Å². The first-order valence-electron chi connectivity index (χ1n) is 5.37. The van der Waals surface area contributed by atoms with Gasteiger partial charge in [0.25, 0.3) is 5.24 Å². The van der Waals surface area contributed by atoms with Gasteiger partial charge in [0, 0.05) is 13.3 Å². The molecule has 2 aromatic rings. The van der Waals surface area contributed by atoms with Gasteiger partial charge in [-0.15, -0.1) is 0 Å². The highest BCUT2D eigenvalue weighted by Crippen LogP contribution is 2.15. The van der Waals surface area contributed by atoms with Crippen molar-refractivity contribution in [3.05, 3.63) is 53.2 Å². The number of carbonyl (C=O) groups excluding carboxylic acids is 1. The van der Waals surface area contributed by atoms with Crippen molar-refractivity contribution in [1.29, 1.82) is 0 Å². The Hall–Kier alpha value is -1.61. The Bertz CT molecular complexity index is 519. The summed E-state index contributed by atoms with van der Waals surface area (Å²) >= 11 is 5.44. The van der Waals surface area contributed by atoms with Crippen LogP contribution in [0.1, 0.15) is 27.7 Å². The average Bonchev–Trinajstić information content (AvgIpc) is 2.69. The summed E-state index contributed by atoms with van der Waals surface area (Å²) in [5, 5.41) is -0.565. The largest absolute Gasteiger partial charge is 0.445 e. The normalized spacial score (nSPS) is 10.5. The summed E-state index contributed by atoms with van der Waals surface area (Å²) in [5.41, 5.74) is 1.43. The van der Waals surface area contributed by atoms with Crippen LogP contribution in [0.15, 0.2) is 34.7 Å². The molecule has 0 aliphatic rings. The Labute approximate surface area is 104 Å². The van der Waals surface area contributed by atoms with Gasteiger partial charge in [-0.05, 0) is 23.6 Å². The molecule has 0 unspecified atom stereocenters. The molecule has 17 heavy (non-hydrogen) atoms. The minimum absolute atomic E-state index is 0.236. The van der Waals surface area contributed by atoms with E-state index in [0.29, 0.717) is 18.1 Å². The summed E-state index contributed by atoms with van der Waals surface area (Å²) in [6, 6.07) is 10.00. The quantitative estimate of drug-likeness (QED) is 0.782. The summed E-state index contributed by atoms with van der Waals surface area (Å²) in [5.74, 6) is 1.03. The van der Waals surface area contributed by atoms with E-state index in [9.17, 15) is 4.79 Å². The first-order valence-corrected chi connectivity index (χ1v) is 5.74. The SMILES string of the molecule is Cc1nc(C(=O)Cl)c(CCc2ccccc2)o1.